The van der Waals surface area contributed by atoms with Gasteiger partial charge in [-0.1, -0.05) is 188 Å². The summed E-state index contributed by atoms with van der Waals surface area (Å²) < 4.78 is 9.02. The van der Waals surface area contributed by atoms with Gasteiger partial charge in [-0.25, -0.2) is 15.0 Å². The molecular formula is C63H38N4O. The van der Waals surface area contributed by atoms with Crippen molar-refractivity contribution in [3.05, 3.63) is 231 Å². The fourth-order valence-corrected chi connectivity index (χ4v) is 10.6. The lowest BCUT2D eigenvalue weighted by atomic mass is 9.90. The molecule has 0 aliphatic heterocycles. The summed E-state index contributed by atoms with van der Waals surface area (Å²) in [4.78, 5) is 15.8. The molecule has 0 radical (unpaired) electrons. The SMILES string of the molecule is c1ccc(-c2ccc3c(c2)c2cc(-c4ccccc4)ccc2n3-c2cccc3c4cccc(-c5nc(-c6ccccc6)nc(-c6cccc7c6oc6ccccc67)n5)c4c4ccccc4c23)cc1. The van der Waals surface area contributed by atoms with E-state index in [9.17, 15) is 0 Å². The van der Waals surface area contributed by atoms with E-state index in [0.29, 0.717) is 17.5 Å². The van der Waals surface area contributed by atoms with Gasteiger partial charge in [-0.05, 0) is 86.3 Å². The fourth-order valence-electron chi connectivity index (χ4n) is 10.6. The third-order valence-electron chi connectivity index (χ3n) is 13.6. The van der Waals surface area contributed by atoms with Crippen molar-refractivity contribution in [2.45, 2.75) is 0 Å². The summed E-state index contributed by atoms with van der Waals surface area (Å²) >= 11 is 0. The molecular weight excluding hydrogens is 829 g/mol. The van der Waals surface area contributed by atoms with E-state index in [-0.39, 0.29) is 0 Å². The normalized spacial score (nSPS) is 11.8. The van der Waals surface area contributed by atoms with Gasteiger partial charge < -0.3 is 8.98 Å². The first-order valence-electron chi connectivity index (χ1n) is 23.0. The van der Waals surface area contributed by atoms with E-state index in [2.05, 4.69) is 193 Å². The molecule has 0 saturated carbocycles. The number of fused-ring (bicyclic) bond motifs is 12. The maximum atomic E-state index is 6.55. The van der Waals surface area contributed by atoms with Crippen LogP contribution in [0, 0.1) is 0 Å². The molecule has 3 aromatic heterocycles. The van der Waals surface area contributed by atoms with Gasteiger partial charge in [-0.15, -0.1) is 0 Å². The average molecular weight is 867 g/mol. The molecule has 316 valence electrons. The topological polar surface area (TPSA) is 56.7 Å². The molecule has 68 heavy (non-hydrogen) atoms. The Kier molecular flexibility index (Phi) is 8.52. The lowest BCUT2D eigenvalue weighted by Gasteiger charge is -2.18. The molecule has 0 unspecified atom stereocenters. The van der Waals surface area contributed by atoms with Crippen LogP contribution in [0.15, 0.2) is 235 Å². The molecule has 0 saturated heterocycles. The predicted octanol–water partition coefficient (Wildman–Crippen LogP) is 16.7. The van der Waals surface area contributed by atoms with Crippen molar-refractivity contribution < 1.29 is 4.42 Å². The zero-order chi connectivity index (χ0) is 44.7. The number of hydrogen-bond donors (Lipinski definition) is 0. The lowest BCUT2D eigenvalue weighted by Crippen LogP contribution is -2.01. The molecule has 5 heteroatoms. The first-order chi connectivity index (χ1) is 33.7. The third-order valence-corrected chi connectivity index (χ3v) is 13.6. The van der Waals surface area contributed by atoms with Crippen LogP contribution in [0.1, 0.15) is 0 Å². The highest BCUT2D eigenvalue weighted by molar-refractivity contribution is 6.30. The van der Waals surface area contributed by atoms with E-state index in [4.69, 9.17) is 19.4 Å². The van der Waals surface area contributed by atoms with Crippen molar-refractivity contribution in [3.8, 4) is 62.1 Å². The Labute approximate surface area is 390 Å². The molecule has 0 aliphatic rings. The highest BCUT2D eigenvalue weighted by Gasteiger charge is 2.23. The van der Waals surface area contributed by atoms with Gasteiger partial charge in [0.1, 0.15) is 11.2 Å². The summed E-state index contributed by atoms with van der Waals surface area (Å²) in [5.41, 5.74) is 12.4. The van der Waals surface area contributed by atoms with Gasteiger partial charge in [0.2, 0.25) is 0 Å². The van der Waals surface area contributed by atoms with Gasteiger partial charge >= 0.3 is 0 Å². The lowest BCUT2D eigenvalue weighted by molar-refractivity contribution is 0.669. The van der Waals surface area contributed by atoms with Crippen LogP contribution in [0.3, 0.4) is 0 Å². The van der Waals surface area contributed by atoms with Crippen LogP contribution in [-0.2, 0) is 0 Å². The van der Waals surface area contributed by atoms with Crippen LogP contribution in [0.25, 0.3) is 138 Å². The molecule has 14 rings (SSSR count). The second kappa shape index (κ2) is 15.2. The van der Waals surface area contributed by atoms with Crippen LogP contribution < -0.4 is 0 Å². The Morgan fingerprint density at radius 1 is 0.294 bits per heavy atom. The predicted molar refractivity (Wildman–Crippen MR) is 281 cm³/mol. The van der Waals surface area contributed by atoms with E-state index in [1.54, 1.807) is 0 Å². The smallest absolute Gasteiger partial charge is 0.167 e. The Balaban J connectivity index is 1.03. The summed E-state index contributed by atoms with van der Waals surface area (Å²) in [6.45, 7) is 0. The monoisotopic (exact) mass is 866 g/mol. The number of hydrogen-bond acceptors (Lipinski definition) is 4. The summed E-state index contributed by atoms with van der Waals surface area (Å²) in [5.74, 6) is 1.75. The molecule has 0 amide bonds. The molecule has 3 heterocycles. The van der Waals surface area contributed by atoms with Crippen molar-refractivity contribution >= 4 is 76.1 Å². The molecule has 0 spiro atoms. The second-order valence-electron chi connectivity index (χ2n) is 17.5. The van der Waals surface area contributed by atoms with Gasteiger partial charge in [0, 0.05) is 43.4 Å². The standard InChI is InChI=1S/C63H38N4O/c1-4-17-39(18-5-1)42-33-35-54-52(37-42)53-38-43(40-19-6-2-7-20-40)34-36-55(53)67(54)56-31-16-27-48-46-26-14-29-50(58(46)45-24-10-11-25-47(45)59(48)56)62-64-61(41-21-8-3-9-22-41)65-63(66-62)51-30-15-28-49-44-23-12-13-32-57(44)68-60(49)51/h1-38H. The van der Waals surface area contributed by atoms with Crippen LogP contribution in [0.4, 0.5) is 0 Å². The van der Waals surface area contributed by atoms with Crippen LogP contribution in [0.5, 0.6) is 0 Å². The number of para-hydroxylation sites is 2. The zero-order valence-electron chi connectivity index (χ0n) is 36.6. The second-order valence-corrected chi connectivity index (χ2v) is 17.5. The molecule has 0 N–H and O–H groups in total. The molecule has 0 aliphatic carbocycles. The van der Waals surface area contributed by atoms with Crippen molar-refractivity contribution in [2.75, 3.05) is 0 Å². The largest absolute Gasteiger partial charge is 0.455 e. The first kappa shape index (κ1) is 38.1. The zero-order valence-corrected chi connectivity index (χ0v) is 36.6. The van der Waals surface area contributed by atoms with Gasteiger partial charge in [-0.3, -0.25) is 0 Å². The Morgan fingerprint density at radius 2 is 0.750 bits per heavy atom. The summed E-state index contributed by atoms with van der Waals surface area (Å²) in [6.07, 6.45) is 0. The van der Waals surface area contributed by atoms with Gasteiger partial charge in [0.25, 0.3) is 0 Å². The number of rotatable bonds is 6. The molecule has 0 bridgehead atoms. The summed E-state index contributed by atoms with van der Waals surface area (Å²) in [5, 5.41) is 11.3. The highest BCUT2D eigenvalue weighted by Crippen LogP contribution is 2.45. The van der Waals surface area contributed by atoms with E-state index in [1.165, 1.54) is 38.4 Å². The Bertz CT molecular complexity index is 4170. The van der Waals surface area contributed by atoms with E-state index < -0.39 is 0 Å². The maximum Gasteiger partial charge on any atom is 0.167 e. The minimum Gasteiger partial charge on any atom is -0.455 e. The van der Waals surface area contributed by atoms with Crippen LogP contribution in [-0.4, -0.2) is 19.5 Å². The molecule has 11 aromatic carbocycles. The van der Waals surface area contributed by atoms with Gasteiger partial charge in [-0.2, -0.15) is 0 Å². The molecule has 14 aromatic rings. The average Bonchev–Trinajstić information content (AvgIpc) is 3.96. The highest BCUT2D eigenvalue weighted by atomic mass is 16.3. The van der Waals surface area contributed by atoms with E-state index in [1.807, 2.05) is 42.5 Å². The van der Waals surface area contributed by atoms with Crippen LogP contribution in [0.2, 0.25) is 0 Å². The van der Waals surface area contributed by atoms with Crippen molar-refractivity contribution in [2.24, 2.45) is 0 Å². The van der Waals surface area contributed by atoms with Crippen molar-refractivity contribution in [3.63, 3.8) is 0 Å². The van der Waals surface area contributed by atoms with Crippen molar-refractivity contribution in [1.29, 1.82) is 0 Å². The number of benzene rings is 11. The summed E-state index contributed by atoms with van der Waals surface area (Å²) in [7, 11) is 0. The third kappa shape index (κ3) is 5.93. The quantitative estimate of drug-likeness (QED) is 0.156. The first-order valence-corrected chi connectivity index (χ1v) is 23.0. The fraction of sp³-hybridized carbons (Fsp3) is 0. The number of furan rings is 1. The maximum absolute atomic E-state index is 6.55. The summed E-state index contributed by atoms with van der Waals surface area (Å²) in [6, 6.07) is 81.8. The van der Waals surface area contributed by atoms with Crippen molar-refractivity contribution in [1.82, 2.24) is 19.5 Å². The molecule has 0 fully saturated rings. The number of nitrogens with zero attached hydrogens (tertiary/aromatic N) is 4. The Hall–Kier alpha value is -9.19. The van der Waals surface area contributed by atoms with E-state index in [0.717, 1.165) is 82.3 Å². The minimum absolute atomic E-state index is 0.556. The minimum atomic E-state index is 0.556. The van der Waals surface area contributed by atoms with Crippen LogP contribution >= 0.6 is 0 Å². The van der Waals surface area contributed by atoms with Gasteiger partial charge in [0.05, 0.1) is 22.3 Å². The Morgan fingerprint density at radius 3 is 1.37 bits per heavy atom. The molecule has 0 atom stereocenters. The van der Waals surface area contributed by atoms with E-state index >= 15 is 0 Å². The molecule has 5 nitrogen and oxygen atoms in total. The van der Waals surface area contributed by atoms with Gasteiger partial charge in [0.15, 0.2) is 17.5 Å². The number of aromatic nitrogens is 4.